The predicted octanol–water partition coefficient (Wildman–Crippen LogP) is 6.51. The van der Waals surface area contributed by atoms with Crippen molar-refractivity contribution in [3.05, 3.63) is 122 Å². The fraction of sp³-hybridized carbons (Fsp3) is 0.143. The second-order valence-corrected chi connectivity index (χ2v) is 11.9. The summed E-state index contributed by atoms with van der Waals surface area (Å²) in [6.07, 6.45) is 3.65. The van der Waals surface area contributed by atoms with Crippen LogP contribution in [-0.2, 0) is 6.42 Å². The predicted molar refractivity (Wildman–Crippen MR) is 153 cm³/mol. The zero-order valence-corrected chi connectivity index (χ0v) is 23.8. The maximum absolute atomic E-state index is 13.9. The molecular formula is C28H19Br2ClN2O2S. The fourth-order valence-electron chi connectivity index (χ4n) is 5.01. The molecule has 1 atom stereocenters. The quantitative estimate of drug-likeness (QED) is 0.256. The van der Waals surface area contributed by atoms with E-state index >= 15 is 0 Å². The topological polar surface area (TPSA) is 43.6 Å². The van der Waals surface area contributed by atoms with Crippen molar-refractivity contribution in [3.8, 4) is 5.75 Å². The molecular weight excluding hydrogens is 624 g/mol. The molecule has 0 bridgehead atoms. The number of allylic oxidation sites excluding steroid dienone is 1. The molecule has 1 aromatic heterocycles. The minimum Gasteiger partial charge on any atom is -0.495 e. The molecule has 1 aliphatic heterocycles. The number of halogens is 3. The molecule has 0 saturated carbocycles. The van der Waals surface area contributed by atoms with E-state index in [1.54, 1.807) is 7.11 Å². The van der Waals surface area contributed by atoms with Gasteiger partial charge < -0.3 is 4.74 Å². The molecule has 1 aliphatic carbocycles. The summed E-state index contributed by atoms with van der Waals surface area (Å²) in [4.78, 5) is 19.7. The van der Waals surface area contributed by atoms with Crippen molar-refractivity contribution in [2.75, 3.05) is 7.11 Å². The van der Waals surface area contributed by atoms with Crippen LogP contribution in [0.3, 0.4) is 0 Å². The molecule has 0 N–H and O–H groups in total. The molecule has 0 fully saturated rings. The molecule has 4 nitrogen and oxygen atoms in total. The van der Waals surface area contributed by atoms with Crippen LogP contribution in [-0.4, -0.2) is 11.7 Å². The average molecular weight is 643 g/mol. The first-order valence-corrected chi connectivity index (χ1v) is 14.1. The van der Waals surface area contributed by atoms with Gasteiger partial charge in [0.05, 0.1) is 27.9 Å². The van der Waals surface area contributed by atoms with Gasteiger partial charge in [-0.3, -0.25) is 9.36 Å². The minimum atomic E-state index is -0.236. The Kier molecular flexibility index (Phi) is 6.28. The standard InChI is InChI=1S/C28H19Br2ClN2O2S/c1-35-26-17(12-18(29)14-22(26)30)13-23-27(34)33-25(16-6-9-19(31)10-7-16)21-11-8-15-4-2-3-5-20(15)24(21)32-28(33)36-23/h2-7,9-10,12-14,25H,8,11H2,1H3. The number of nitrogens with zero attached hydrogens (tertiary/aromatic N) is 2. The van der Waals surface area contributed by atoms with Gasteiger partial charge in [-0.05, 0) is 75.8 Å². The first kappa shape index (κ1) is 23.9. The van der Waals surface area contributed by atoms with Crippen molar-refractivity contribution in [1.29, 1.82) is 0 Å². The summed E-state index contributed by atoms with van der Waals surface area (Å²) in [6, 6.07) is 19.8. The lowest BCUT2D eigenvalue weighted by molar-refractivity contribution is 0.411. The lowest BCUT2D eigenvalue weighted by Crippen LogP contribution is -2.38. The van der Waals surface area contributed by atoms with Gasteiger partial charge in [-0.25, -0.2) is 4.99 Å². The number of hydrogen-bond acceptors (Lipinski definition) is 4. The van der Waals surface area contributed by atoms with Crippen LogP contribution in [0.5, 0.6) is 5.75 Å². The largest absolute Gasteiger partial charge is 0.495 e. The van der Waals surface area contributed by atoms with Gasteiger partial charge in [0.15, 0.2) is 4.80 Å². The van der Waals surface area contributed by atoms with Crippen LogP contribution < -0.4 is 19.6 Å². The highest BCUT2D eigenvalue weighted by Gasteiger charge is 2.32. The molecule has 0 radical (unpaired) electrons. The summed E-state index contributed by atoms with van der Waals surface area (Å²) in [7, 11) is 1.62. The van der Waals surface area contributed by atoms with Gasteiger partial charge in [-0.15, -0.1) is 0 Å². The van der Waals surface area contributed by atoms with E-state index in [-0.39, 0.29) is 11.6 Å². The van der Waals surface area contributed by atoms with Crippen molar-refractivity contribution in [2.45, 2.75) is 18.9 Å². The summed E-state index contributed by atoms with van der Waals surface area (Å²) in [6.45, 7) is 0. The lowest BCUT2D eigenvalue weighted by atomic mass is 9.83. The van der Waals surface area contributed by atoms with E-state index < -0.39 is 0 Å². The van der Waals surface area contributed by atoms with Gasteiger partial charge in [0.1, 0.15) is 5.75 Å². The van der Waals surface area contributed by atoms with Crippen LogP contribution >= 0.6 is 54.8 Å². The van der Waals surface area contributed by atoms with Gasteiger partial charge in [0, 0.05) is 20.6 Å². The molecule has 1 unspecified atom stereocenters. The number of aromatic nitrogens is 1. The van der Waals surface area contributed by atoms with E-state index in [4.69, 9.17) is 21.3 Å². The Labute approximate surface area is 233 Å². The maximum atomic E-state index is 13.9. The lowest BCUT2D eigenvalue weighted by Gasteiger charge is -2.30. The number of benzene rings is 3. The molecule has 3 aromatic carbocycles. The normalized spacial score (nSPS) is 16.8. The van der Waals surface area contributed by atoms with Crippen LogP contribution in [0.1, 0.15) is 34.7 Å². The summed E-state index contributed by atoms with van der Waals surface area (Å²) in [5.74, 6) is 0.673. The Balaban J connectivity index is 1.63. The Morgan fingerprint density at radius 1 is 1.11 bits per heavy atom. The zero-order valence-electron chi connectivity index (χ0n) is 19.1. The molecule has 180 valence electrons. The van der Waals surface area contributed by atoms with Crippen LogP contribution in [0.15, 0.2) is 85.0 Å². The number of rotatable bonds is 3. The summed E-state index contributed by atoms with van der Waals surface area (Å²) in [5.41, 5.74) is 6.34. The van der Waals surface area contributed by atoms with Crippen LogP contribution in [0.25, 0.3) is 11.8 Å². The van der Waals surface area contributed by atoms with E-state index in [9.17, 15) is 4.79 Å². The Hall–Kier alpha value is -2.45. The van der Waals surface area contributed by atoms with E-state index in [1.807, 2.05) is 53.1 Å². The number of fused-ring (bicyclic) bond motifs is 3. The molecule has 6 rings (SSSR count). The third kappa shape index (κ3) is 4.02. The Bertz CT molecular complexity index is 1740. The SMILES string of the molecule is COc1c(Br)cc(Br)cc1C=c1sc2n(c1=O)C(c1ccc(Cl)cc1)C1=C(N=2)c2ccccc2CC1. The third-order valence-electron chi connectivity index (χ3n) is 6.59. The third-order valence-corrected chi connectivity index (χ3v) is 8.87. The van der Waals surface area contributed by atoms with Crippen LogP contribution in [0, 0.1) is 0 Å². The van der Waals surface area contributed by atoms with Crippen molar-refractivity contribution in [1.82, 2.24) is 4.57 Å². The van der Waals surface area contributed by atoms with Crippen LogP contribution in [0.2, 0.25) is 5.02 Å². The van der Waals surface area contributed by atoms with E-state index in [2.05, 4.69) is 50.1 Å². The number of methoxy groups -OCH3 is 1. The molecule has 0 spiro atoms. The molecule has 0 saturated heterocycles. The number of hydrogen-bond donors (Lipinski definition) is 0. The minimum absolute atomic E-state index is 0.0674. The molecule has 4 aromatic rings. The second kappa shape index (κ2) is 9.45. The second-order valence-electron chi connectivity index (χ2n) is 8.68. The van der Waals surface area contributed by atoms with E-state index in [0.717, 1.165) is 49.7 Å². The van der Waals surface area contributed by atoms with Gasteiger partial charge in [0.2, 0.25) is 0 Å². The van der Waals surface area contributed by atoms with Crippen molar-refractivity contribution in [3.63, 3.8) is 0 Å². The molecule has 2 aliphatic rings. The first-order valence-electron chi connectivity index (χ1n) is 11.4. The Morgan fingerprint density at radius 2 is 1.89 bits per heavy atom. The van der Waals surface area contributed by atoms with Crippen LogP contribution in [0.4, 0.5) is 0 Å². The maximum Gasteiger partial charge on any atom is 0.271 e. The van der Waals surface area contributed by atoms with Crippen molar-refractivity contribution < 1.29 is 4.74 Å². The van der Waals surface area contributed by atoms with Crippen molar-refractivity contribution >= 4 is 66.6 Å². The number of ether oxygens (including phenoxy) is 1. The summed E-state index contributed by atoms with van der Waals surface area (Å²) < 4.78 is 9.76. The number of thiazole rings is 1. The summed E-state index contributed by atoms with van der Waals surface area (Å²) >= 11 is 14.7. The molecule has 8 heteroatoms. The average Bonchev–Trinajstić information content (AvgIpc) is 3.17. The first-order chi connectivity index (χ1) is 17.4. The van der Waals surface area contributed by atoms with Gasteiger partial charge in [0.25, 0.3) is 5.56 Å². The smallest absolute Gasteiger partial charge is 0.271 e. The fourth-order valence-corrected chi connectivity index (χ4v) is 7.55. The number of aryl methyl sites for hydroxylation is 1. The van der Waals surface area contributed by atoms with Gasteiger partial charge in [-0.1, -0.05) is 75.3 Å². The monoisotopic (exact) mass is 640 g/mol. The zero-order chi connectivity index (χ0) is 25.0. The van der Waals surface area contributed by atoms with E-state index in [0.29, 0.717) is 20.1 Å². The highest BCUT2D eigenvalue weighted by atomic mass is 79.9. The summed E-state index contributed by atoms with van der Waals surface area (Å²) in [5, 5.41) is 0.668. The Morgan fingerprint density at radius 3 is 2.67 bits per heavy atom. The van der Waals surface area contributed by atoms with E-state index in [1.165, 1.54) is 16.9 Å². The molecule has 2 heterocycles. The molecule has 36 heavy (non-hydrogen) atoms. The highest BCUT2D eigenvalue weighted by Crippen LogP contribution is 2.41. The van der Waals surface area contributed by atoms with Gasteiger partial charge >= 0.3 is 0 Å². The van der Waals surface area contributed by atoms with Gasteiger partial charge in [-0.2, -0.15) is 0 Å². The van der Waals surface area contributed by atoms with Crippen molar-refractivity contribution in [2.24, 2.45) is 4.99 Å². The highest BCUT2D eigenvalue weighted by molar-refractivity contribution is 9.11. The molecule has 0 amide bonds.